The van der Waals surface area contributed by atoms with Gasteiger partial charge in [0.1, 0.15) is 0 Å². The van der Waals surface area contributed by atoms with Crippen molar-refractivity contribution in [3.05, 3.63) is 42.0 Å². The molecule has 2 aromatic heterocycles. The highest BCUT2D eigenvalue weighted by Gasteiger charge is 2.05. The van der Waals surface area contributed by atoms with Crippen molar-refractivity contribution in [2.24, 2.45) is 0 Å². The molecule has 4 heteroatoms. The Morgan fingerprint density at radius 2 is 2.11 bits per heavy atom. The number of hydrogen-bond acceptors (Lipinski definition) is 4. The first kappa shape index (κ1) is 12.6. The minimum absolute atomic E-state index is 0.446. The zero-order valence-electron chi connectivity index (χ0n) is 11.0. The Bertz CT molecular complexity index is 508. The number of hydrogen-bond donors (Lipinski definition) is 1. The van der Waals surface area contributed by atoms with E-state index < -0.39 is 0 Å². The van der Waals surface area contributed by atoms with Gasteiger partial charge in [-0.3, -0.25) is 4.98 Å². The first-order valence-electron chi connectivity index (χ1n) is 6.13. The van der Waals surface area contributed by atoms with Crippen molar-refractivity contribution in [3.8, 4) is 11.4 Å². The zero-order chi connectivity index (χ0) is 13.0. The zero-order valence-corrected chi connectivity index (χ0v) is 11.0. The molecule has 0 saturated heterocycles. The highest BCUT2D eigenvalue weighted by Crippen LogP contribution is 2.14. The van der Waals surface area contributed by atoms with Gasteiger partial charge in [-0.2, -0.15) is 0 Å². The molecule has 0 aliphatic rings. The van der Waals surface area contributed by atoms with Gasteiger partial charge in [-0.15, -0.1) is 0 Å². The molecule has 2 heterocycles. The molecule has 0 amide bonds. The van der Waals surface area contributed by atoms with Crippen LogP contribution in [0.5, 0.6) is 0 Å². The van der Waals surface area contributed by atoms with Gasteiger partial charge in [-0.25, -0.2) is 9.97 Å². The van der Waals surface area contributed by atoms with Crippen LogP contribution in [0.2, 0.25) is 0 Å². The summed E-state index contributed by atoms with van der Waals surface area (Å²) in [4.78, 5) is 13.1. The van der Waals surface area contributed by atoms with E-state index in [1.165, 1.54) is 0 Å². The predicted molar refractivity (Wildman–Crippen MR) is 72.0 cm³/mol. The van der Waals surface area contributed by atoms with Gasteiger partial charge < -0.3 is 5.32 Å². The van der Waals surface area contributed by atoms with Crippen molar-refractivity contribution in [1.29, 1.82) is 0 Å². The van der Waals surface area contributed by atoms with E-state index in [0.29, 0.717) is 6.04 Å². The molecule has 1 N–H and O–H groups in total. The van der Waals surface area contributed by atoms with E-state index in [4.69, 9.17) is 0 Å². The van der Waals surface area contributed by atoms with Gasteiger partial charge in [-0.1, -0.05) is 13.8 Å². The van der Waals surface area contributed by atoms with Crippen LogP contribution in [0.1, 0.15) is 25.2 Å². The summed E-state index contributed by atoms with van der Waals surface area (Å²) in [5.41, 5.74) is 2.94. The molecule has 4 nitrogen and oxygen atoms in total. The molecule has 0 bridgehead atoms. The molecule has 0 unspecified atom stereocenters. The smallest absolute Gasteiger partial charge is 0.161 e. The molecule has 0 atom stereocenters. The third-order valence-electron chi connectivity index (χ3n) is 2.52. The lowest BCUT2D eigenvalue weighted by Gasteiger charge is -2.09. The van der Waals surface area contributed by atoms with Crippen LogP contribution in [-0.2, 0) is 6.54 Å². The molecular formula is C14H18N4. The van der Waals surface area contributed by atoms with Gasteiger partial charge in [0.2, 0.25) is 0 Å². The number of pyridine rings is 1. The van der Waals surface area contributed by atoms with Crippen LogP contribution in [0.15, 0.2) is 30.6 Å². The molecule has 0 aliphatic heterocycles. The Balaban J connectivity index is 2.27. The highest BCUT2D eigenvalue weighted by atomic mass is 15.0. The molecule has 0 aliphatic carbocycles. The largest absolute Gasteiger partial charge is 0.309 e. The Morgan fingerprint density at radius 3 is 2.78 bits per heavy atom. The van der Waals surface area contributed by atoms with Crippen LogP contribution in [0, 0.1) is 6.92 Å². The molecule has 2 rings (SSSR count). The Labute approximate surface area is 108 Å². The van der Waals surface area contributed by atoms with Gasteiger partial charge in [0.05, 0.1) is 5.69 Å². The van der Waals surface area contributed by atoms with E-state index >= 15 is 0 Å². The van der Waals surface area contributed by atoms with Crippen molar-refractivity contribution < 1.29 is 0 Å². The quantitative estimate of drug-likeness (QED) is 0.894. The van der Waals surface area contributed by atoms with Crippen molar-refractivity contribution in [2.45, 2.75) is 33.4 Å². The molecule has 94 valence electrons. The van der Waals surface area contributed by atoms with Crippen molar-refractivity contribution >= 4 is 0 Å². The lowest BCUT2D eigenvalue weighted by Crippen LogP contribution is -2.22. The van der Waals surface area contributed by atoms with Crippen molar-refractivity contribution in [1.82, 2.24) is 20.3 Å². The van der Waals surface area contributed by atoms with Crippen molar-refractivity contribution in [3.63, 3.8) is 0 Å². The standard InChI is InChI=1S/C14H18N4/c1-10(2)16-9-13-7-11(3)17-14(18-13)12-5-4-6-15-8-12/h4-8,10,16H,9H2,1-3H3. The van der Waals surface area contributed by atoms with Crippen LogP contribution < -0.4 is 5.32 Å². The monoisotopic (exact) mass is 242 g/mol. The van der Waals surface area contributed by atoms with Gasteiger partial charge in [-0.05, 0) is 25.1 Å². The summed E-state index contributed by atoms with van der Waals surface area (Å²) < 4.78 is 0. The van der Waals surface area contributed by atoms with E-state index in [9.17, 15) is 0 Å². The number of nitrogens with one attached hydrogen (secondary N) is 1. The maximum Gasteiger partial charge on any atom is 0.161 e. The second kappa shape index (κ2) is 5.69. The third kappa shape index (κ3) is 3.34. The molecule has 18 heavy (non-hydrogen) atoms. The summed E-state index contributed by atoms with van der Waals surface area (Å²) in [5, 5.41) is 3.36. The molecular weight excluding hydrogens is 224 g/mol. The molecule has 0 fully saturated rings. The fourth-order valence-corrected chi connectivity index (χ4v) is 1.66. The molecule has 0 radical (unpaired) electrons. The van der Waals surface area contributed by atoms with Crippen LogP contribution in [0.25, 0.3) is 11.4 Å². The summed E-state index contributed by atoms with van der Waals surface area (Å²) in [6.45, 7) is 6.99. The van der Waals surface area contributed by atoms with Crippen LogP contribution in [-0.4, -0.2) is 21.0 Å². The van der Waals surface area contributed by atoms with E-state index in [2.05, 4.69) is 34.1 Å². The van der Waals surface area contributed by atoms with Crippen LogP contribution in [0.3, 0.4) is 0 Å². The average molecular weight is 242 g/mol. The molecule has 2 aromatic rings. The fourth-order valence-electron chi connectivity index (χ4n) is 1.66. The summed E-state index contributed by atoms with van der Waals surface area (Å²) in [7, 11) is 0. The van der Waals surface area contributed by atoms with E-state index in [-0.39, 0.29) is 0 Å². The van der Waals surface area contributed by atoms with Gasteiger partial charge in [0.15, 0.2) is 5.82 Å². The fraction of sp³-hybridized carbons (Fsp3) is 0.357. The lowest BCUT2D eigenvalue weighted by molar-refractivity contribution is 0.580. The van der Waals surface area contributed by atoms with Gasteiger partial charge in [0.25, 0.3) is 0 Å². The number of rotatable bonds is 4. The summed E-state index contributed by atoms with van der Waals surface area (Å²) in [5.74, 6) is 0.739. The Kier molecular flexibility index (Phi) is 3.99. The number of aryl methyl sites for hydroxylation is 1. The van der Waals surface area contributed by atoms with Crippen LogP contribution >= 0.6 is 0 Å². The second-order valence-corrected chi connectivity index (χ2v) is 4.60. The van der Waals surface area contributed by atoms with Gasteiger partial charge >= 0.3 is 0 Å². The molecule has 0 aromatic carbocycles. The first-order chi connectivity index (χ1) is 8.65. The topological polar surface area (TPSA) is 50.7 Å². The first-order valence-corrected chi connectivity index (χ1v) is 6.13. The van der Waals surface area contributed by atoms with E-state index in [0.717, 1.165) is 29.3 Å². The Hall–Kier alpha value is -1.81. The Morgan fingerprint density at radius 1 is 1.28 bits per heavy atom. The van der Waals surface area contributed by atoms with Gasteiger partial charge in [0, 0.05) is 36.2 Å². The summed E-state index contributed by atoms with van der Waals surface area (Å²) >= 11 is 0. The second-order valence-electron chi connectivity index (χ2n) is 4.60. The normalized spacial score (nSPS) is 10.9. The maximum atomic E-state index is 4.56. The highest BCUT2D eigenvalue weighted by molar-refractivity contribution is 5.53. The van der Waals surface area contributed by atoms with E-state index in [1.807, 2.05) is 25.1 Å². The minimum atomic E-state index is 0.446. The minimum Gasteiger partial charge on any atom is -0.309 e. The molecule has 0 saturated carbocycles. The SMILES string of the molecule is Cc1cc(CNC(C)C)nc(-c2cccnc2)n1. The van der Waals surface area contributed by atoms with Crippen LogP contribution in [0.4, 0.5) is 0 Å². The average Bonchev–Trinajstić information content (AvgIpc) is 2.37. The summed E-state index contributed by atoms with van der Waals surface area (Å²) in [6, 6.07) is 6.33. The third-order valence-corrected chi connectivity index (χ3v) is 2.52. The molecule has 0 spiro atoms. The number of aromatic nitrogens is 3. The predicted octanol–water partition coefficient (Wildman–Crippen LogP) is 2.35. The lowest BCUT2D eigenvalue weighted by atomic mass is 10.2. The summed E-state index contributed by atoms with van der Waals surface area (Å²) in [6.07, 6.45) is 3.54. The van der Waals surface area contributed by atoms with E-state index in [1.54, 1.807) is 12.4 Å². The maximum absolute atomic E-state index is 4.56. The van der Waals surface area contributed by atoms with Crippen molar-refractivity contribution in [2.75, 3.05) is 0 Å². The number of nitrogens with zero attached hydrogens (tertiary/aromatic N) is 3.